The summed E-state index contributed by atoms with van der Waals surface area (Å²) in [5, 5.41) is 0. The van der Waals surface area contributed by atoms with Gasteiger partial charge in [0.05, 0.1) is 5.56 Å². The van der Waals surface area contributed by atoms with E-state index in [9.17, 15) is 4.79 Å². The fourth-order valence-corrected chi connectivity index (χ4v) is 4.68. The zero-order valence-electron chi connectivity index (χ0n) is 14.0. The summed E-state index contributed by atoms with van der Waals surface area (Å²) in [6, 6.07) is 15.3. The first-order chi connectivity index (χ1) is 11.4. The lowest BCUT2D eigenvalue weighted by Gasteiger charge is -2.41. The van der Waals surface area contributed by atoms with Crippen LogP contribution >= 0.6 is 11.8 Å². The topological polar surface area (TPSA) is 35.5 Å². The van der Waals surface area contributed by atoms with Crippen molar-refractivity contribution in [1.82, 2.24) is 0 Å². The van der Waals surface area contributed by atoms with Gasteiger partial charge in [-0.1, -0.05) is 51.1 Å². The number of fused-ring (bicyclic) bond motifs is 3. The molecule has 2 aromatic carbocycles. The predicted octanol–water partition coefficient (Wildman–Crippen LogP) is 4.45. The Morgan fingerprint density at radius 1 is 1.04 bits per heavy atom. The van der Waals surface area contributed by atoms with Gasteiger partial charge in [-0.25, -0.2) is 0 Å². The maximum Gasteiger partial charge on any atom is 0.185 e. The average molecular weight is 340 g/mol. The largest absolute Gasteiger partial charge is 0.492 e. The molecule has 0 amide bonds. The number of benzene rings is 2. The molecule has 2 heterocycles. The number of carbonyl (C=O) groups excluding carboxylic acids is 1. The second kappa shape index (κ2) is 5.28. The minimum Gasteiger partial charge on any atom is -0.492 e. The van der Waals surface area contributed by atoms with Crippen LogP contribution in [0.4, 0.5) is 0 Å². The van der Waals surface area contributed by atoms with E-state index in [0.29, 0.717) is 17.9 Å². The molecule has 1 spiro atoms. The molecule has 0 radical (unpaired) electrons. The van der Waals surface area contributed by atoms with Gasteiger partial charge < -0.3 is 9.47 Å². The number of ketones is 1. The summed E-state index contributed by atoms with van der Waals surface area (Å²) in [5.74, 6) is 1.55. The standard InChI is InChI=1S/C20H20O3S/c1-19(2,3)24-18-20(12-22-16-11-7-5-9-14(16)20)17(21)13-8-4-6-10-15(13)23-18/h4-11,18H,12H2,1-3H3. The number of hydrogen-bond donors (Lipinski definition) is 0. The summed E-state index contributed by atoms with van der Waals surface area (Å²) < 4.78 is 12.2. The van der Waals surface area contributed by atoms with E-state index in [1.54, 1.807) is 11.8 Å². The van der Waals surface area contributed by atoms with Gasteiger partial charge in [-0.3, -0.25) is 4.79 Å². The van der Waals surface area contributed by atoms with Gasteiger partial charge in [0.1, 0.15) is 23.5 Å². The van der Waals surface area contributed by atoms with Crippen molar-refractivity contribution in [2.45, 2.75) is 36.4 Å². The van der Waals surface area contributed by atoms with Crippen molar-refractivity contribution >= 4 is 17.5 Å². The minimum absolute atomic E-state index is 0.0399. The Hall–Kier alpha value is -1.94. The summed E-state index contributed by atoms with van der Waals surface area (Å²) in [6.07, 6.45) is 0. The highest BCUT2D eigenvalue weighted by Gasteiger charge is 2.58. The van der Waals surface area contributed by atoms with Gasteiger partial charge in [-0.15, -0.1) is 11.8 Å². The molecule has 24 heavy (non-hydrogen) atoms. The molecule has 4 heteroatoms. The van der Waals surface area contributed by atoms with Gasteiger partial charge in [0, 0.05) is 10.3 Å². The Bertz CT molecular complexity index is 809. The van der Waals surface area contributed by atoms with E-state index in [-0.39, 0.29) is 16.0 Å². The fraction of sp³-hybridized carbons (Fsp3) is 0.350. The van der Waals surface area contributed by atoms with Gasteiger partial charge in [-0.2, -0.15) is 0 Å². The Morgan fingerprint density at radius 2 is 1.71 bits per heavy atom. The van der Waals surface area contributed by atoms with Crippen LogP contribution in [-0.4, -0.2) is 22.6 Å². The molecular weight excluding hydrogens is 320 g/mol. The quantitative estimate of drug-likeness (QED) is 0.768. The van der Waals surface area contributed by atoms with Crippen molar-refractivity contribution in [2.75, 3.05) is 6.61 Å². The third-order valence-corrected chi connectivity index (χ3v) is 5.88. The first-order valence-corrected chi connectivity index (χ1v) is 9.00. The summed E-state index contributed by atoms with van der Waals surface area (Å²) in [6.45, 7) is 6.75. The molecule has 2 aliphatic heterocycles. The van der Waals surface area contributed by atoms with E-state index in [1.807, 2.05) is 48.5 Å². The van der Waals surface area contributed by atoms with E-state index in [2.05, 4.69) is 20.8 Å². The Labute approximate surface area is 146 Å². The van der Waals surface area contributed by atoms with Crippen LogP contribution in [0, 0.1) is 0 Å². The van der Waals surface area contributed by atoms with Crippen molar-refractivity contribution < 1.29 is 14.3 Å². The molecule has 2 unspecified atom stereocenters. The summed E-state index contributed by atoms with van der Waals surface area (Å²) >= 11 is 1.68. The highest BCUT2D eigenvalue weighted by molar-refractivity contribution is 8.01. The van der Waals surface area contributed by atoms with Crippen LogP contribution < -0.4 is 9.47 Å². The highest BCUT2D eigenvalue weighted by atomic mass is 32.2. The number of rotatable bonds is 1. The number of thioether (sulfide) groups is 1. The van der Waals surface area contributed by atoms with Gasteiger partial charge in [0.15, 0.2) is 11.2 Å². The molecule has 0 saturated heterocycles. The molecule has 4 rings (SSSR count). The summed E-state index contributed by atoms with van der Waals surface area (Å²) in [4.78, 5) is 13.5. The lowest BCUT2D eigenvalue weighted by molar-refractivity contribution is 0.0673. The Morgan fingerprint density at radius 3 is 2.46 bits per heavy atom. The number of para-hydroxylation sites is 2. The maximum absolute atomic E-state index is 13.5. The van der Waals surface area contributed by atoms with E-state index < -0.39 is 5.41 Å². The van der Waals surface area contributed by atoms with Gasteiger partial charge in [0.25, 0.3) is 0 Å². The van der Waals surface area contributed by atoms with Crippen LogP contribution in [0.1, 0.15) is 36.7 Å². The molecule has 0 bridgehead atoms. The van der Waals surface area contributed by atoms with Crippen LogP contribution in [0.15, 0.2) is 48.5 Å². The number of carbonyl (C=O) groups is 1. The molecular formula is C20H20O3S. The smallest absolute Gasteiger partial charge is 0.185 e. The average Bonchev–Trinajstić information content (AvgIpc) is 2.92. The molecule has 0 aliphatic carbocycles. The van der Waals surface area contributed by atoms with Crippen molar-refractivity contribution in [2.24, 2.45) is 0 Å². The van der Waals surface area contributed by atoms with Crippen LogP contribution in [0.2, 0.25) is 0 Å². The normalized spacial score (nSPS) is 25.0. The van der Waals surface area contributed by atoms with Crippen LogP contribution in [0.5, 0.6) is 11.5 Å². The minimum atomic E-state index is -0.789. The van der Waals surface area contributed by atoms with Crippen LogP contribution in [0.25, 0.3) is 0 Å². The van der Waals surface area contributed by atoms with Crippen molar-refractivity contribution in [3.63, 3.8) is 0 Å². The fourth-order valence-electron chi connectivity index (χ4n) is 3.38. The summed E-state index contributed by atoms with van der Waals surface area (Å²) in [5.41, 5.74) is 0.474. The molecule has 0 N–H and O–H groups in total. The highest BCUT2D eigenvalue weighted by Crippen LogP contribution is 2.52. The third kappa shape index (κ3) is 2.24. The van der Waals surface area contributed by atoms with Crippen LogP contribution in [-0.2, 0) is 5.41 Å². The van der Waals surface area contributed by atoms with Crippen molar-refractivity contribution in [3.8, 4) is 11.5 Å². The molecule has 0 aromatic heterocycles. The first-order valence-electron chi connectivity index (χ1n) is 8.12. The zero-order chi connectivity index (χ0) is 16.9. The van der Waals surface area contributed by atoms with Crippen molar-refractivity contribution in [1.29, 1.82) is 0 Å². The van der Waals surface area contributed by atoms with Gasteiger partial charge in [-0.05, 0) is 18.2 Å². The monoisotopic (exact) mass is 340 g/mol. The van der Waals surface area contributed by atoms with Crippen molar-refractivity contribution in [3.05, 3.63) is 59.7 Å². The predicted molar refractivity (Wildman–Crippen MR) is 96.1 cm³/mol. The lowest BCUT2D eigenvalue weighted by atomic mass is 9.75. The summed E-state index contributed by atoms with van der Waals surface area (Å²) in [7, 11) is 0. The Kier molecular flexibility index (Phi) is 3.43. The van der Waals surface area contributed by atoms with E-state index >= 15 is 0 Å². The third-order valence-electron chi connectivity index (χ3n) is 4.46. The molecule has 2 aromatic rings. The van der Waals surface area contributed by atoms with E-state index in [4.69, 9.17) is 9.47 Å². The molecule has 3 nitrogen and oxygen atoms in total. The van der Waals surface area contributed by atoms with Gasteiger partial charge in [0.2, 0.25) is 0 Å². The maximum atomic E-state index is 13.5. The molecule has 0 saturated carbocycles. The van der Waals surface area contributed by atoms with E-state index in [0.717, 1.165) is 11.3 Å². The van der Waals surface area contributed by atoms with Gasteiger partial charge >= 0.3 is 0 Å². The number of Topliss-reactive ketones (excluding diaryl/α,β-unsaturated/α-hetero) is 1. The lowest BCUT2D eigenvalue weighted by Crippen LogP contribution is -2.53. The number of hydrogen-bond acceptors (Lipinski definition) is 4. The first kappa shape index (κ1) is 15.6. The second-order valence-corrected chi connectivity index (χ2v) is 9.15. The Balaban J connectivity index is 1.91. The second-order valence-electron chi connectivity index (χ2n) is 7.26. The zero-order valence-corrected chi connectivity index (χ0v) is 14.9. The molecule has 0 fully saturated rings. The van der Waals surface area contributed by atoms with Crippen LogP contribution in [0.3, 0.4) is 0 Å². The molecule has 2 atom stereocenters. The number of ether oxygens (including phenoxy) is 2. The van der Waals surface area contributed by atoms with E-state index in [1.165, 1.54) is 0 Å². The molecule has 124 valence electrons. The SMILES string of the molecule is CC(C)(C)SC1Oc2ccccc2C(=O)C12COc1ccccc12. The molecule has 2 aliphatic rings.